The van der Waals surface area contributed by atoms with Gasteiger partial charge in [0.2, 0.25) is 0 Å². The summed E-state index contributed by atoms with van der Waals surface area (Å²) in [5.41, 5.74) is -0.589. The highest BCUT2D eigenvalue weighted by molar-refractivity contribution is 5.99. The largest absolute Gasteiger partial charge is 0.489 e. The van der Waals surface area contributed by atoms with Crippen LogP contribution in [0.3, 0.4) is 0 Å². The highest BCUT2D eigenvalue weighted by atomic mass is 16.5. The van der Waals surface area contributed by atoms with E-state index < -0.39 is 5.63 Å². The van der Waals surface area contributed by atoms with Gasteiger partial charge in [0.1, 0.15) is 23.2 Å². The van der Waals surface area contributed by atoms with E-state index in [0.717, 1.165) is 0 Å². The third kappa shape index (κ3) is 1.78. The Morgan fingerprint density at radius 2 is 2.19 bits per heavy atom. The van der Waals surface area contributed by atoms with Crippen LogP contribution in [0.1, 0.15) is 36.4 Å². The van der Waals surface area contributed by atoms with Gasteiger partial charge in [-0.2, -0.15) is 0 Å². The molecule has 16 heavy (non-hydrogen) atoms. The molecule has 0 radical (unpaired) electrons. The molecule has 2 heterocycles. The predicted molar refractivity (Wildman–Crippen MR) is 58.7 cm³/mol. The third-order valence-corrected chi connectivity index (χ3v) is 2.35. The lowest BCUT2D eigenvalue weighted by Gasteiger charge is -2.20. The van der Waals surface area contributed by atoms with Gasteiger partial charge in [0.05, 0.1) is 0 Å². The van der Waals surface area contributed by atoms with Crippen LogP contribution in [0.25, 0.3) is 6.08 Å². The van der Waals surface area contributed by atoms with E-state index in [1.165, 1.54) is 0 Å². The first-order chi connectivity index (χ1) is 7.61. The Hall–Kier alpha value is -1.84. The summed E-state index contributed by atoms with van der Waals surface area (Å²) < 4.78 is 10.4. The molecular formula is C12H12O4. The standard InChI is InChI=1S/C12H12O4/c1-3-4-8-6-10-11(12(14)16-8)9(13)5-7(2)15-10/h3-4,6-7H,5H2,1-2H3/b4-3+/t7-/m0/s1. The average molecular weight is 220 g/mol. The van der Waals surface area contributed by atoms with E-state index in [-0.39, 0.29) is 23.9 Å². The fourth-order valence-electron chi connectivity index (χ4n) is 1.70. The van der Waals surface area contributed by atoms with Crippen LogP contribution in [-0.2, 0) is 0 Å². The molecule has 0 amide bonds. The number of hydrogen-bond acceptors (Lipinski definition) is 4. The van der Waals surface area contributed by atoms with E-state index in [1.54, 1.807) is 25.1 Å². The Morgan fingerprint density at radius 3 is 2.88 bits per heavy atom. The van der Waals surface area contributed by atoms with Gasteiger partial charge < -0.3 is 9.15 Å². The molecule has 1 aromatic rings. The molecule has 0 aliphatic carbocycles. The van der Waals surface area contributed by atoms with Gasteiger partial charge in [0.15, 0.2) is 5.78 Å². The normalized spacial score (nSPS) is 19.6. The number of fused-ring (bicyclic) bond motifs is 1. The first-order valence-corrected chi connectivity index (χ1v) is 5.12. The number of Topliss-reactive ketones (excluding diaryl/α,β-unsaturated/α-hetero) is 1. The topological polar surface area (TPSA) is 56.5 Å². The van der Waals surface area contributed by atoms with Crippen molar-refractivity contribution in [3.05, 3.63) is 33.9 Å². The first-order valence-electron chi connectivity index (χ1n) is 5.12. The molecule has 4 heteroatoms. The highest BCUT2D eigenvalue weighted by Gasteiger charge is 2.27. The maximum absolute atomic E-state index is 11.6. The number of allylic oxidation sites excluding steroid dienone is 1. The number of hydrogen-bond donors (Lipinski definition) is 0. The zero-order valence-electron chi connectivity index (χ0n) is 9.15. The maximum atomic E-state index is 11.6. The van der Waals surface area contributed by atoms with Crippen LogP contribution in [0.2, 0.25) is 0 Å². The van der Waals surface area contributed by atoms with Crippen molar-refractivity contribution in [3.8, 4) is 5.75 Å². The summed E-state index contributed by atoms with van der Waals surface area (Å²) in [6, 6.07) is 1.57. The van der Waals surface area contributed by atoms with Gasteiger partial charge in [-0.3, -0.25) is 4.79 Å². The molecule has 1 aromatic heterocycles. The number of carbonyl (C=O) groups is 1. The molecule has 2 rings (SSSR count). The second kappa shape index (κ2) is 3.96. The second-order valence-electron chi connectivity index (χ2n) is 3.73. The van der Waals surface area contributed by atoms with Crippen LogP contribution in [0.5, 0.6) is 5.75 Å². The van der Waals surface area contributed by atoms with Crippen molar-refractivity contribution >= 4 is 11.9 Å². The fourth-order valence-corrected chi connectivity index (χ4v) is 1.70. The van der Waals surface area contributed by atoms with Crippen LogP contribution in [0.15, 0.2) is 21.4 Å². The number of ketones is 1. The van der Waals surface area contributed by atoms with E-state index in [4.69, 9.17) is 9.15 Å². The van der Waals surface area contributed by atoms with Gasteiger partial charge in [-0.05, 0) is 19.9 Å². The Labute approximate surface area is 92.5 Å². The van der Waals surface area contributed by atoms with Gasteiger partial charge >= 0.3 is 5.63 Å². The molecule has 0 saturated carbocycles. The van der Waals surface area contributed by atoms with Crippen LogP contribution < -0.4 is 10.4 Å². The molecule has 1 aliphatic rings. The average Bonchev–Trinajstić information content (AvgIpc) is 2.15. The van der Waals surface area contributed by atoms with Gasteiger partial charge in [0, 0.05) is 12.5 Å². The summed E-state index contributed by atoms with van der Waals surface area (Å²) in [5, 5.41) is 0. The van der Waals surface area contributed by atoms with E-state index in [1.807, 2.05) is 6.92 Å². The van der Waals surface area contributed by atoms with Crippen molar-refractivity contribution in [3.63, 3.8) is 0 Å². The summed E-state index contributed by atoms with van der Waals surface area (Å²) in [4.78, 5) is 23.2. The molecule has 1 atom stereocenters. The third-order valence-electron chi connectivity index (χ3n) is 2.35. The van der Waals surface area contributed by atoms with Crippen molar-refractivity contribution in [2.75, 3.05) is 0 Å². The Bertz CT molecular complexity index is 510. The molecule has 0 bridgehead atoms. The summed E-state index contributed by atoms with van der Waals surface area (Å²) in [7, 11) is 0. The zero-order valence-corrected chi connectivity index (χ0v) is 9.15. The smallest absolute Gasteiger partial charge is 0.351 e. The molecule has 0 fully saturated rings. The number of ether oxygens (including phenoxy) is 1. The quantitative estimate of drug-likeness (QED) is 0.726. The van der Waals surface area contributed by atoms with E-state index in [2.05, 4.69) is 0 Å². The Balaban J connectivity index is 2.59. The van der Waals surface area contributed by atoms with Crippen LogP contribution >= 0.6 is 0 Å². The van der Waals surface area contributed by atoms with Crippen molar-refractivity contribution in [1.29, 1.82) is 0 Å². The lowest BCUT2D eigenvalue weighted by Crippen LogP contribution is -2.29. The second-order valence-corrected chi connectivity index (χ2v) is 3.73. The minimum atomic E-state index is -0.623. The molecule has 0 saturated heterocycles. The number of carbonyl (C=O) groups excluding carboxylic acids is 1. The Kier molecular flexibility index (Phi) is 2.64. The molecule has 4 nitrogen and oxygen atoms in total. The van der Waals surface area contributed by atoms with E-state index in [0.29, 0.717) is 11.5 Å². The maximum Gasteiger partial charge on any atom is 0.351 e. The van der Waals surface area contributed by atoms with Crippen LogP contribution in [0.4, 0.5) is 0 Å². The van der Waals surface area contributed by atoms with Crippen LogP contribution in [0, 0.1) is 0 Å². The van der Waals surface area contributed by atoms with Gasteiger partial charge in [0.25, 0.3) is 0 Å². The monoisotopic (exact) mass is 220 g/mol. The molecule has 0 unspecified atom stereocenters. The molecule has 0 spiro atoms. The first kappa shape index (κ1) is 10.7. The van der Waals surface area contributed by atoms with Gasteiger partial charge in [-0.15, -0.1) is 0 Å². The summed E-state index contributed by atoms with van der Waals surface area (Å²) in [6.07, 6.45) is 3.43. The molecular weight excluding hydrogens is 208 g/mol. The van der Waals surface area contributed by atoms with Crippen molar-refractivity contribution < 1.29 is 13.9 Å². The zero-order chi connectivity index (χ0) is 11.7. The predicted octanol–water partition coefficient (Wildman–Crippen LogP) is 2.03. The van der Waals surface area contributed by atoms with E-state index in [9.17, 15) is 9.59 Å². The van der Waals surface area contributed by atoms with Crippen LogP contribution in [-0.4, -0.2) is 11.9 Å². The molecule has 0 N–H and O–H groups in total. The highest BCUT2D eigenvalue weighted by Crippen LogP contribution is 2.26. The molecule has 0 aromatic carbocycles. The minimum Gasteiger partial charge on any atom is -0.489 e. The summed E-state index contributed by atoms with van der Waals surface area (Å²) in [6.45, 7) is 3.61. The lowest BCUT2D eigenvalue weighted by atomic mass is 10.0. The molecule has 1 aliphatic heterocycles. The Morgan fingerprint density at radius 1 is 1.44 bits per heavy atom. The SMILES string of the molecule is C/C=C/c1cc2c(c(=O)o1)C(=O)C[C@H](C)O2. The van der Waals surface area contributed by atoms with Gasteiger partial charge in [-0.1, -0.05) is 6.08 Å². The van der Waals surface area contributed by atoms with Crippen molar-refractivity contribution in [1.82, 2.24) is 0 Å². The summed E-state index contributed by atoms with van der Waals surface area (Å²) in [5.74, 6) is 0.510. The van der Waals surface area contributed by atoms with E-state index >= 15 is 0 Å². The molecule has 84 valence electrons. The number of rotatable bonds is 1. The van der Waals surface area contributed by atoms with Gasteiger partial charge in [-0.25, -0.2) is 4.79 Å². The minimum absolute atomic E-state index is 0.0337. The van der Waals surface area contributed by atoms with Crippen molar-refractivity contribution in [2.24, 2.45) is 0 Å². The summed E-state index contributed by atoms with van der Waals surface area (Å²) >= 11 is 0. The lowest BCUT2D eigenvalue weighted by molar-refractivity contribution is 0.0862. The van der Waals surface area contributed by atoms with Crippen molar-refractivity contribution in [2.45, 2.75) is 26.4 Å². The fraction of sp³-hybridized carbons (Fsp3) is 0.333.